The van der Waals surface area contributed by atoms with Crippen molar-refractivity contribution in [3.8, 4) is 17.1 Å². The summed E-state index contributed by atoms with van der Waals surface area (Å²) in [7, 11) is 0. The number of urea groups is 1. The molecular weight excluding hydrogens is 371 g/mol. The number of anilines is 1. The third kappa shape index (κ3) is 6.00. The molecule has 6 nitrogen and oxygen atoms in total. The van der Waals surface area contributed by atoms with E-state index in [-0.39, 0.29) is 18.5 Å². The summed E-state index contributed by atoms with van der Waals surface area (Å²) in [6.45, 7) is 4.81. The van der Waals surface area contributed by atoms with Gasteiger partial charge in [0.25, 0.3) is 0 Å². The summed E-state index contributed by atoms with van der Waals surface area (Å²) in [4.78, 5) is 11.9. The molecule has 0 spiro atoms. The zero-order valence-corrected chi connectivity index (χ0v) is 16.4. The highest BCUT2D eigenvalue weighted by atomic mass is 19.1. The maximum Gasteiger partial charge on any atom is 0.319 e. The molecule has 1 heterocycles. The van der Waals surface area contributed by atoms with Crippen molar-refractivity contribution in [3.63, 3.8) is 0 Å². The van der Waals surface area contributed by atoms with Gasteiger partial charge < -0.3 is 15.4 Å². The van der Waals surface area contributed by atoms with Gasteiger partial charge in [-0.05, 0) is 53.9 Å². The van der Waals surface area contributed by atoms with Crippen molar-refractivity contribution in [3.05, 3.63) is 72.0 Å². The van der Waals surface area contributed by atoms with Gasteiger partial charge in [0.05, 0.1) is 12.2 Å². The third-order valence-electron chi connectivity index (χ3n) is 4.25. The van der Waals surface area contributed by atoms with Crippen molar-refractivity contribution in [1.29, 1.82) is 0 Å². The standard InChI is InChI=1S/C22H23FN4O2/c1-15(2)16-5-9-19(10-6-16)25-22(28)24-13-14-29-21-12-11-20(26-27-21)17-3-7-18(23)8-4-17/h3-12,15H,13-14H2,1-2H3,(H2,24,25,28). The van der Waals surface area contributed by atoms with Gasteiger partial charge in [0.15, 0.2) is 0 Å². The minimum Gasteiger partial charge on any atom is -0.475 e. The molecular formula is C22H23FN4O2. The van der Waals surface area contributed by atoms with Gasteiger partial charge >= 0.3 is 6.03 Å². The summed E-state index contributed by atoms with van der Waals surface area (Å²) in [5, 5.41) is 13.6. The normalized spacial score (nSPS) is 10.6. The molecule has 0 saturated heterocycles. The van der Waals surface area contributed by atoms with Crippen LogP contribution in [0.3, 0.4) is 0 Å². The van der Waals surface area contributed by atoms with Crippen LogP contribution in [0.5, 0.6) is 5.88 Å². The Morgan fingerprint density at radius 3 is 2.34 bits per heavy atom. The fraction of sp³-hybridized carbons (Fsp3) is 0.227. The number of nitrogens with one attached hydrogen (secondary N) is 2. The second-order valence-corrected chi connectivity index (χ2v) is 6.77. The third-order valence-corrected chi connectivity index (χ3v) is 4.25. The maximum absolute atomic E-state index is 13.0. The minimum atomic E-state index is -0.302. The molecule has 0 bridgehead atoms. The number of benzene rings is 2. The second-order valence-electron chi connectivity index (χ2n) is 6.77. The van der Waals surface area contributed by atoms with Crippen LogP contribution in [0.15, 0.2) is 60.7 Å². The predicted molar refractivity (Wildman–Crippen MR) is 110 cm³/mol. The van der Waals surface area contributed by atoms with Gasteiger partial charge in [-0.25, -0.2) is 9.18 Å². The van der Waals surface area contributed by atoms with E-state index in [9.17, 15) is 9.18 Å². The first kappa shape index (κ1) is 20.3. The average molecular weight is 394 g/mol. The van der Waals surface area contributed by atoms with E-state index in [4.69, 9.17) is 4.74 Å². The van der Waals surface area contributed by atoms with E-state index in [1.54, 1.807) is 24.3 Å². The van der Waals surface area contributed by atoms with Crippen molar-refractivity contribution in [2.45, 2.75) is 19.8 Å². The smallest absolute Gasteiger partial charge is 0.319 e. The summed E-state index contributed by atoms with van der Waals surface area (Å²) in [5.74, 6) is 0.496. The molecule has 0 aliphatic heterocycles. The van der Waals surface area contributed by atoms with Crippen LogP contribution in [0.25, 0.3) is 11.3 Å². The van der Waals surface area contributed by atoms with E-state index < -0.39 is 0 Å². The Bertz CT molecular complexity index is 927. The molecule has 3 rings (SSSR count). The van der Waals surface area contributed by atoms with Crippen LogP contribution in [0.1, 0.15) is 25.3 Å². The zero-order chi connectivity index (χ0) is 20.6. The first-order valence-corrected chi connectivity index (χ1v) is 9.38. The molecule has 150 valence electrons. The number of hydrogen-bond donors (Lipinski definition) is 2. The first-order chi connectivity index (χ1) is 14.0. The number of halogens is 1. The molecule has 2 aromatic carbocycles. The molecule has 0 radical (unpaired) electrons. The largest absolute Gasteiger partial charge is 0.475 e. The Kier molecular flexibility index (Phi) is 6.73. The maximum atomic E-state index is 13.0. The van der Waals surface area contributed by atoms with Crippen molar-refractivity contribution >= 4 is 11.7 Å². The van der Waals surface area contributed by atoms with Gasteiger partial charge in [0, 0.05) is 17.3 Å². The van der Waals surface area contributed by atoms with Gasteiger partial charge in [0.2, 0.25) is 5.88 Å². The molecule has 0 atom stereocenters. The van der Waals surface area contributed by atoms with Crippen LogP contribution < -0.4 is 15.4 Å². The van der Waals surface area contributed by atoms with Crippen LogP contribution in [0.4, 0.5) is 14.9 Å². The summed E-state index contributed by atoms with van der Waals surface area (Å²) in [5.41, 5.74) is 3.34. The average Bonchev–Trinajstić information content (AvgIpc) is 2.73. The fourth-order valence-corrected chi connectivity index (χ4v) is 2.62. The lowest BCUT2D eigenvalue weighted by Crippen LogP contribution is -2.32. The van der Waals surface area contributed by atoms with Crippen LogP contribution in [-0.2, 0) is 0 Å². The van der Waals surface area contributed by atoms with Gasteiger partial charge in [-0.15, -0.1) is 10.2 Å². The number of carbonyl (C=O) groups is 1. The quantitative estimate of drug-likeness (QED) is 0.574. The molecule has 0 aliphatic rings. The van der Waals surface area contributed by atoms with E-state index in [1.807, 2.05) is 24.3 Å². The van der Waals surface area contributed by atoms with E-state index in [0.717, 1.165) is 11.3 Å². The lowest BCUT2D eigenvalue weighted by molar-refractivity contribution is 0.246. The van der Waals surface area contributed by atoms with Crippen LogP contribution in [0.2, 0.25) is 0 Å². The van der Waals surface area contributed by atoms with E-state index in [0.29, 0.717) is 24.0 Å². The van der Waals surface area contributed by atoms with Crippen LogP contribution in [-0.4, -0.2) is 29.4 Å². The predicted octanol–water partition coefficient (Wildman–Crippen LogP) is 4.61. The number of nitrogens with zero attached hydrogens (tertiary/aromatic N) is 2. The van der Waals surface area contributed by atoms with E-state index >= 15 is 0 Å². The molecule has 7 heteroatoms. The highest BCUT2D eigenvalue weighted by Crippen LogP contribution is 2.18. The summed E-state index contributed by atoms with van der Waals surface area (Å²) < 4.78 is 18.5. The van der Waals surface area contributed by atoms with Gasteiger partial charge in [-0.1, -0.05) is 26.0 Å². The molecule has 0 saturated carbocycles. The second kappa shape index (κ2) is 9.64. The fourth-order valence-electron chi connectivity index (χ4n) is 2.62. The van der Waals surface area contributed by atoms with E-state index in [2.05, 4.69) is 34.7 Å². The number of aromatic nitrogens is 2. The Balaban J connectivity index is 1.40. The first-order valence-electron chi connectivity index (χ1n) is 9.38. The highest BCUT2D eigenvalue weighted by Gasteiger charge is 2.05. The Labute approximate surface area is 169 Å². The Morgan fingerprint density at radius 2 is 1.72 bits per heavy atom. The molecule has 0 aliphatic carbocycles. The van der Waals surface area contributed by atoms with Gasteiger partial charge in [-0.3, -0.25) is 0 Å². The number of hydrogen-bond acceptors (Lipinski definition) is 4. The van der Waals surface area contributed by atoms with Crippen LogP contribution in [0, 0.1) is 5.82 Å². The van der Waals surface area contributed by atoms with Crippen molar-refractivity contribution in [1.82, 2.24) is 15.5 Å². The van der Waals surface area contributed by atoms with Crippen molar-refractivity contribution in [2.24, 2.45) is 0 Å². The van der Waals surface area contributed by atoms with E-state index in [1.165, 1.54) is 17.7 Å². The summed E-state index contributed by atoms with van der Waals surface area (Å²) in [6.07, 6.45) is 0. The topological polar surface area (TPSA) is 76.1 Å². The number of carbonyl (C=O) groups excluding carboxylic acids is 1. The molecule has 0 unspecified atom stereocenters. The Hall–Kier alpha value is -3.48. The molecule has 29 heavy (non-hydrogen) atoms. The molecule has 3 aromatic rings. The zero-order valence-electron chi connectivity index (χ0n) is 16.4. The van der Waals surface area contributed by atoms with Crippen LogP contribution >= 0.6 is 0 Å². The Morgan fingerprint density at radius 1 is 1.00 bits per heavy atom. The lowest BCUT2D eigenvalue weighted by Gasteiger charge is -2.10. The van der Waals surface area contributed by atoms with Crippen molar-refractivity contribution in [2.75, 3.05) is 18.5 Å². The van der Waals surface area contributed by atoms with Gasteiger partial charge in [0.1, 0.15) is 12.4 Å². The van der Waals surface area contributed by atoms with Crippen molar-refractivity contribution < 1.29 is 13.9 Å². The minimum absolute atomic E-state index is 0.254. The lowest BCUT2D eigenvalue weighted by atomic mass is 10.0. The van der Waals surface area contributed by atoms with Gasteiger partial charge in [-0.2, -0.15) is 0 Å². The monoisotopic (exact) mass is 394 g/mol. The summed E-state index contributed by atoms with van der Waals surface area (Å²) >= 11 is 0. The molecule has 2 N–H and O–H groups in total. The molecule has 0 fully saturated rings. The summed E-state index contributed by atoms with van der Waals surface area (Å²) in [6, 6.07) is 16.9. The number of amides is 2. The highest BCUT2D eigenvalue weighted by molar-refractivity contribution is 5.89. The molecule has 2 amide bonds. The number of rotatable bonds is 7. The number of ether oxygens (including phenoxy) is 1. The molecule has 1 aromatic heterocycles. The SMILES string of the molecule is CC(C)c1ccc(NC(=O)NCCOc2ccc(-c3ccc(F)cc3)nn2)cc1.